The van der Waals surface area contributed by atoms with Gasteiger partial charge in [-0.15, -0.1) is 0 Å². The van der Waals surface area contributed by atoms with Crippen molar-refractivity contribution in [2.75, 3.05) is 13.6 Å². The van der Waals surface area contributed by atoms with Crippen LogP contribution in [0.25, 0.3) is 0 Å². The van der Waals surface area contributed by atoms with Crippen molar-refractivity contribution in [3.05, 3.63) is 34.2 Å². The number of nitrogens with one attached hydrogen (secondary N) is 1. The Morgan fingerprint density at radius 1 is 1.48 bits per heavy atom. The minimum atomic E-state index is -4.18. The molecule has 1 aliphatic rings. The van der Waals surface area contributed by atoms with E-state index in [0.717, 1.165) is 0 Å². The van der Waals surface area contributed by atoms with Gasteiger partial charge in [-0.3, -0.25) is 9.69 Å². The number of rotatable bonds is 6. The Labute approximate surface area is 156 Å². The van der Waals surface area contributed by atoms with E-state index in [-0.39, 0.29) is 17.7 Å². The van der Waals surface area contributed by atoms with Crippen LogP contribution in [0.4, 0.5) is 0 Å². The number of halogens is 1. The molecule has 1 fully saturated rings. The molecule has 25 heavy (non-hydrogen) atoms. The molecule has 0 radical (unpaired) electrons. The van der Waals surface area contributed by atoms with Crippen LogP contribution in [0, 0.1) is 4.91 Å². The highest BCUT2D eigenvalue weighted by molar-refractivity contribution is 7.89. The molecule has 0 aliphatic carbocycles. The molecule has 2 rings (SSSR count). The minimum Gasteiger partial charge on any atom is -0.480 e. The molecule has 2 N–H and O–H groups in total. The number of nitroso groups, excluding NO2 is 1. The van der Waals surface area contributed by atoms with Crippen LogP contribution in [-0.2, 0) is 14.8 Å². The fourth-order valence-electron chi connectivity index (χ4n) is 2.72. The van der Waals surface area contributed by atoms with Crippen LogP contribution < -0.4 is 4.72 Å². The van der Waals surface area contributed by atoms with Gasteiger partial charge in [0.15, 0.2) is 0 Å². The predicted octanol–water partition coefficient (Wildman–Crippen LogP) is 1.56. The average molecular weight is 408 g/mol. The van der Waals surface area contributed by atoms with Gasteiger partial charge >= 0.3 is 5.97 Å². The normalized spacial score (nSPS) is 26.1. The quantitative estimate of drug-likeness (QED) is 0.486. The number of likely N-dealkylation sites (tertiary alicyclic amines) is 1. The van der Waals surface area contributed by atoms with Gasteiger partial charge in [0.2, 0.25) is 10.0 Å². The third-order valence-corrected chi connectivity index (χ3v) is 6.57. The van der Waals surface area contributed by atoms with Crippen molar-refractivity contribution in [3.8, 4) is 0 Å². The van der Waals surface area contributed by atoms with Crippen molar-refractivity contribution < 1.29 is 18.3 Å². The highest BCUT2D eigenvalue weighted by Gasteiger charge is 2.50. The van der Waals surface area contributed by atoms with Crippen molar-refractivity contribution in [2.24, 2.45) is 5.18 Å². The minimum absolute atomic E-state index is 0.0101. The molecule has 0 saturated carbocycles. The molecule has 1 saturated heterocycles. The lowest BCUT2D eigenvalue weighted by molar-refractivity contribution is -0.141. The second-order valence-corrected chi connectivity index (χ2v) is 8.70. The number of aliphatic carboxylic acids is 1. The number of piperidine rings is 1. The molecule has 1 aliphatic heterocycles. The Bertz CT molecular complexity index is 758. The standard InChI is InChI=1S/C14H18ClN3O5S2/c1-18-7-6-14(17-21,8-11(18)24)12(13(19)20)16-25(22,23)10-4-2-9(15)3-5-10/h2-5,11-12,16,24H,6-8H2,1H3,(H,19,20). The second-order valence-electron chi connectivity index (χ2n) is 5.96. The van der Waals surface area contributed by atoms with E-state index < -0.39 is 32.9 Å². The van der Waals surface area contributed by atoms with Crippen molar-refractivity contribution in [1.82, 2.24) is 9.62 Å². The first kappa shape index (κ1) is 20.1. The summed E-state index contributed by atoms with van der Waals surface area (Å²) in [6.45, 7) is 0.367. The number of hydrogen-bond donors (Lipinski definition) is 3. The molecule has 0 bridgehead atoms. The van der Waals surface area contributed by atoms with Gasteiger partial charge in [0.1, 0.15) is 11.6 Å². The van der Waals surface area contributed by atoms with Gasteiger partial charge in [-0.1, -0.05) is 16.8 Å². The monoisotopic (exact) mass is 407 g/mol. The van der Waals surface area contributed by atoms with E-state index in [1.807, 2.05) is 4.90 Å². The first-order valence-electron chi connectivity index (χ1n) is 7.35. The molecule has 8 nitrogen and oxygen atoms in total. The molecule has 0 amide bonds. The molecular formula is C14H18ClN3O5S2. The highest BCUT2D eigenvalue weighted by Crippen LogP contribution is 2.35. The van der Waals surface area contributed by atoms with Gasteiger partial charge in [-0.25, -0.2) is 8.42 Å². The first-order chi connectivity index (χ1) is 11.6. The molecule has 3 unspecified atom stereocenters. The van der Waals surface area contributed by atoms with Crippen molar-refractivity contribution >= 4 is 40.2 Å². The summed E-state index contributed by atoms with van der Waals surface area (Å²) < 4.78 is 27.1. The summed E-state index contributed by atoms with van der Waals surface area (Å²) in [6, 6.07) is 3.55. The number of sulfonamides is 1. The molecule has 11 heteroatoms. The molecule has 1 heterocycles. The van der Waals surface area contributed by atoms with E-state index in [9.17, 15) is 23.2 Å². The maximum atomic E-state index is 12.5. The highest BCUT2D eigenvalue weighted by atomic mass is 35.5. The molecule has 1 aromatic rings. The van der Waals surface area contributed by atoms with Crippen molar-refractivity contribution in [1.29, 1.82) is 0 Å². The lowest BCUT2D eigenvalue weighted by Crippen LogP contribution is -2.60. The van der Waals surface area contributed by atoms with Crippen LogP contribution in [-0.4, -0.2) is 54.9 Å². The maximum absolute atomic E-state index is 12.5. The van der Waals surface area contributed by atoms with Gasteiger partial charge in [0.25, 0.3) is 0 Å². The molecule has 138 valence electrons. The van der Waals surface area contributed by atoms with Crippen LogP contribution in [0.15, 0.2) is 34.3 Å². The van der Waals surface area contributed by atoms with Crippen LogP contribution in [0.2, 0.25) is 5.02 Å². The van der Waals surface area contributed by atoms with Gasteiger partial charge in [-0.05, 0) is 37.7 Å². The summed E-state index contributed by atoms with van der Waals surface area (Å²) in [5.41, 5.74) is -1.62. The number of carbonyl (C=O) groups is 1. The maximum Gasteiger partial charge on any atom is 0.324 e. The number of carboxylic acid groups (broad SMARTS) is 1. The molecular weight excluding hydrogens is 390 g/mol. The van der Waals surface area contributed by atoms with Gasteiger partial charge < -0.3 is 5.11 Å². The Morgan fingerprint density at radius 3 is 2.56 bits per heavy atom. The summed E-state index contributed by atoms with van der Waals surface area (Å²) in [7, 11) is -2.40. The fourth-order valence-corrected chi connectivity index (χ4v) is 4.54. The predicted molar refractivity (Wildman–Crippen MR) is 96.4 cm³/mol. The largest absolute Gasteiger partial charge is 0.480 e. The Kier molecular flexibility index (Phi) is 6.10. The summed E-state index contributed by atoms with van der Waals surface area (Å²) >= 11 is 10.1. The van der Waals surface area contributed by atoms with Gasteiger partial charge in [0.05, 0.1) is 10.3 Å². The van der Waals surface area contributed by atoms with E-state index in [4.69, 9.17) is 11.6 Å². The number of thiol groups is 1. The third-order valence-electron chi connectivity index (χ3n) is 4.31. The molecule has 1 aromatic carbocycles. The van der Waals surface area contributed by atoms with E-state index in [2.05, 4.69) is 22.5 Å². The van der Waals surface area contributed by atoms with Gasteiger partial charge in [-0.2, -0.15) is 22.3 Å². The van der Waals surface area contributed by atoms with Crippen molar-refractivity contribution in [3.63, 3.8) is 0 Å². The Hall–Kier alpha value is -1.20. The van der Waals surface area contributed by atoms with Crippen LogP contribution in [0.5, 0.6) is 0 Å². The zero-order chi connectivity index (χ0) is 18.8. The number of hydrogen-bond acceptors (Lipinski definition) is 7. The molecule has 0 aromatic heterocycles. The summed E-state index contributed by atoms with van der Waals surface area (Å²) in [5.74, 6) is -1.47. The number of nitrogens with zero attached hydrogens (tertiary/aromatic N) is 2. The van der Waals surface area contributed by atoms with E-state index in [1.54, 1.807) is 7.05 Å². The summed E-state index contributed by atoms with van der Waals surface area (Å²) in [6.07, 6.45) is 0.111. The van der Waals surface area contributed by atoms with Crippen LogP contribution in [0.1, 0.15) is 12.8 Å². The van der Waals surface area contributed by atoms with Gasteiger partial charge in [0, 0.05) is 18.0 Å². The van der Waals surface area contributed by atoms with E-state index >= 15 is 0 Å². The smallest absolute Gasteiger partial charge is 0.324 e. The topological polar surface area (TPSA) is 116 Å². The lowest BCUT2D eigenvalue weighted by Gasteiger charge is -2.41. The van der Waals surface area contributed by atoms with Crippen molar-refractivity contribution in [2.45, 2.75) is 34.7 Å². The first-order valence-corrected chi connectivity index (χ1v) is 9.72. The lowest BCUT2D eigenvalue weighted by atomic mass is 9.82. The Balaban J connectivity index is 2.36. The SMILES string of the molecule is CN1CCC(N=O)(C(NS(=O)(=O)c2ccc(Cl)cc2)C(=O)O)CC1S. The van der Waals surface area contributed by atoms with E-state index in [0.29, 0.717) is 11.6 Å². The summed E-state index contributed by atoms with van der Waals surface area (Å²) in [4.78, 5) is 24.9. The molecule has 0 spiro atoms. The fraction of sp³-hybridized carbons (Fsp3) is 0.500. The second kappa shape index (κ2) is 7.58. The molecule has 3 atom stereocenters. The average Bonchev–Trinajstić information content (AvgIpc) is 2.56. The third kappa shape index (κ3) is 4.32. The number of benzene rings is 1. The summed E-state index contributed by atoms with van der Waals surface area (Å²) in [5, 5.41) is 12.5. The van der Waals surface area contributed by atoms with Crippen LogP contribution in [0.3, 0.4) is 0 Å². The number of carboxylic acids is 1. The zero-order valence-electron chi connectivity index (χ0n) is 13.3. The Morgan fingerprint density at radius 2 is 2.08 bits per heavy atom. The van der Waals surface area contributed by atoms with E-state index in [1.165, 1.54) is 24.3 Å². The zero-order valence-corrected chi connectivity index (χ0v) is 15.8. The van der Waals surface area contributed by atoms with Crippen LogP contribution >= 0.6 is 24.2 Å².